The van der Waals surface area contributed by atoms with Gasteiger partial charge in [0.05, 0.1) is 11.1 Å². The number of nitrogens with zero attached hydrogens (tertiary/aromatic N) is 2. The van der Waals surface area contributed by atoms with E-state index in [1.54, 1.807) is 12.1 Å². The lowest BCUT2D eigenvalue weighted by molar-refractivity contribution is -0.136. The zero-order valence-electron chi connectivity index (χ0n) is 18.4. The third kappa shape index (κ3) is 5.00. The highest BCUT2D eigenvalue weighted by Crippen LogP contribution is 2.38. The van der Waals surface area contributed by atoms with Crippen LogP contribution in [0.1, 0.15) is 57.4 Å². The standard InChI is InChI=1S/C24H31F3N4O/c1-16-12-17(30-21(32)13-23(28)9-3-2-4-10-23)15-31(14-16)20-8-7-19(24(25,26)27)22-18(20)6-5-11-29-22/h5-8,11,16-17H,2-4,9-10,12-15,28H2,1H3,(H,30,32)/t16-,17?/m0/s1. The van der Waals surface area contributed by atoms with E-state index in [4.69, 9.17) is 5.73 Å². The highest BCUT2D eigenvalue weighted by molar-refractivity contribution is 5.94. The van der Waals surface area contributed by atoms with Crippen molar-refractivity contribution in [3.8, 4) is 0 Å². The summed E-state index contributed by atoms with van der Waals surface area (Å²) >= 11 is 0. The maximum atomic E-state index is 13.5. The Kier molecular flexibility index (Phi) is 6.34. The summed E-state index contributed by atoms with van der Waals surface area (Å²) in [5.74, 6) is 0.247. The molecule has 1 unspecified atom stereocenters. The maximum absolute atomic E-state index is 13.5. The molecule has 0 spiro atoms. The Morgan fingerprint density at radius 3 is 2.69 bits per heavy atom. The van der Waals surface area contributed by atoms with E-state index in [1.807, 2.05) is 0 Å². The van der Waals surface area contributed by atoms with Gasteiger partial charge in [-0.2, -0.15) is 13.2 Å². The average Bonchev–Trinajstić information content (AvgIpc) is 2.71. The third-order valence-corrected chi connectivity index (χ3v) is 6.78. The maximum Gasteiger partial charge on any atom is 0.418 e. The second kappa shape index (κ2) is 8.89. The minimum atomic E-state index is -4.46. The van der Waals surface area contributed by atoms with Crippen LogP contribution >= 0.6 is 0 Å². The minimum absolute atomic E-state index is 0.0348. The number of carbonyl (C=O) groups excluding carboxylic acids is 1. The lowest BCUT2D eigenvalue weighted by Gasteiger charge is -2.39. The number of carbonyl (C=O) groups is 1. The summed E-state index contributed by atoms with van der Waals surface area (Å²) in [7, 11) is 0. The predicted molar refractivity (Wildman–Crippen MR) is 119 cm³/mol. The van der Waals surface area contributed by atoms with E-state index < -0.39 is 17.3 Å². The molecule has 174 valence electrons. The van der Waals surface area contributed by atoms with E-state index in [2.05, 4.69) is 22.1 Å². The zero-order chi connectivity index (χ0) is 22.9. The summed E-state index contributed by atoms with van der Waals surface area (Å²) in [4.78, 5) is 18.9. The second-order valence-corrected chi connectivity index (χ2v) is 9.64. The molecule has 2 aromatic rings. The number of aromatic nitrogens is 1. The third-order valence-electron chi connectivity index (χ3n) is 6.78. The quantitative estimate of drug-likeness (QED) is 0.715. The molecule has 4 rings (SSSR count). The summed E-state index contributed by atoms with van der Waals surface area (Å²) in [5, 5.41) is 3.63. The summed E-state index contributed by atoms with van der Waals surface area (Å²) in [6.07, 6.45) is 3.12. The molecule has 0 radical (unpaired) electrons. The average molecular weight is 449 g/mol. The van der Waals surface area contributed by atoms with Gasteiger partial charge in [-0.1, -0.05) is 26.2 Å². The SMILES string of the molecule is C[C@H]1CC(NC(=O)CC2(N)CCCCC2)CN(c2ccc(C(F)(F)F)c3ncccc23)C1. The summed E-state index contributed by atoms with van der Waals surface area (Å²) in [6.45, 7) is 3.35. The van der Waals surface area contributed by atoms with E-state index in [-0.39, 0.29) is 23.4 Å². The number of halogens is 3. The van der Waals surface area contributed by atoms with Gasteiger partial charge in [0.1, 0.15) is 0 Å². The lowest BCUT2D eigenvalue weighted by Crippen LogP contribution is -2.53. The fourth-order valence-corrected chi connectivity index (χ4v) is 5.35. The summed E-state index contributed by atoms with van der Waals surface area (Å²) in [6, 6.07) is 5.90. The van der Waals surface area contributed by atoms with Crippen LogP contribution in [0.3, 0.4) is 0 Å². The van der Waals surface area contributed by atoms with E-state index in [1.165, 1.54) is 18.7 Å². The molecule has 1 aromatic carbocycles. The fourth-order valence-electron chi connectivity index (χ4n) is 5.35. The van der Waals surface area contributed by atoms with Crippen LogP contribution in [-0.2, 0) is 11.0 Å². The molecule has 1 aromatic heterocycles. The van der Waals surface area contributed by atoms with Gasteiger partial charge >= 0.3 is 6.18 Å². The Hall–Kier alpha value is -2.35. The van der Waals surface area contributed by atoms with Crippen LogP contribution in [0.5, 0.6) is 0 Å². The number of piperidine rings is 1. The molecular formula is C24H31F3N4O. The van der Waals surface area contributed by atoms with Crippen LogP contribution in [0.15, 0.2) is 30.5 Å². The molecule has 1 saturated carbocycles. The first-order valence-corrected chi connectivity index (χ1v) is 11.4. The Morgan fingerprint density at radius 1 is 1.22 bits per heavy atom. The molecule has 32 heavy (non-hydrogen) atoms. The monoisotopic (exact) mass is 448 g/mol. The van der Waals surface area contributed by atoms with Crippen molar-refractivity contribution in [2.24, 2.45) is 11.7 Å². The van der Waals surface area contributed by atoms with Crippen molar-refractivity contribution in [2.45, 2.75) is 69.6 Å². The predicted octanol–water partition coefficient (Wildman–Crippen LogP) is 4.64. The first-order valence-electron chi connectivity index (χ1n) is 11.4. The molecular weight excluding hydrogens is 417 g/mol. The van der Waals surface area contributed by atoms with Crippen molar-refractivity contribution in [3.05, 3.63) is 36.0 Å². The van der Waals surface area contributed by atoms with E-state index >= 15 is 0 Å². The first kappa shape index (κ1) is 22.8. The molecule has 1 amide bonds. The number of nitrogens with one attached hydrogen (secondary N) is 1. The number of hydrogen-bond acceptors (Lipinski definition) is 4. The molecule has 2 heterocycles. The number of benzene rings is 1. The molecule has 8 heteroatoms. The topological polar surface area (TPSA) is 71.2 Å². The van der Waals surface area contributed by atoms with Crippen molar-refractivity contribution in [1.29, 1.82) is 0 Å². The molecule has 5 nitrogen and oxygen atoms in total. The smallest absolute Gasteiger partial charge is 0.369 e. The van der Waals surface area contributed by atoms with Crippen molar-refractivity contribution in [3.63, 3.8) is 0 Å². The number of anilines is 1. The Morgan fingerprint density at radius 2 is 1.97 bits per heavy atom. The van der Waals surface area contributed by atoms with Gasteiger partial charge in [0.2, 0.25) is 5.91 Å². The second-order valence-electron chi connectivity index (χ2n) is 9.64. The number of alkyl halides is 3. The van der Waals surface area contributed by atoms with Gasteiger partial charge in [0, 0.05) is 48.4 Å². The van der Waals surface area contributed by atoms with Crippen molar-refractivity contribution < 1.29 is 18.0 Å². The summed E-state index contributed by atoms with van der Waals surface area (Å²) < 4.78 is 40.4. The van der Waals surface area contributed by atoms with E-state index in [9.17, 15) is 18.0 Å². The number of nitrogens with two attached hydrogens (primary N) is 1. The Balaban J connectivity index is 1.52. The van der Waals surface area contributed by atoms with Crippen molar-refractivity contribution in [1.82, 2.24) is 10.3 Å². The highest BCUT2D eigenvalue weighted by atomic mass is 19.4. The molecule has 1 saturated heterocycles. The number of hydrogen-bond donors (Lipinski definition) is 2. The summed E-state index contributed by atoms with van der Waals surface area (Å²) in [5.41, 5.74) is 5.98. The van der Waals surface area contributed by atoms with Gasteiger partial charge in [0.15, 0.2) is 0 Å². The van der Waals surface area contributed by atoms with Crippen LogP contribution in [-0.4, -0.2) is 35.6 Å². The largest absolute Gasteiger partial charge is 0.418 e. The van der Waals surface area contributed by atoms with Crippen molar-refractivity contribution >= 4 is 22.5 Å². The fraction of sp³-hybridized carbons (Fsp3) is 0.583. The molecule has 3 N–H and O–H groups in total. The molecule has 0 bridgehead atoms. The van der Waals surface area contributed by atoms with E-state index in [0.29, 0.717) is 24.9 Å². The minimum Gasteiger partial charge on any atom is -0.369 e. The molecule has 1 aliphatic carbocycles. The zero-order valence-corrected chi connectivity index (χ0v) is 18.4. The number of fused-ring (bicyclic) bond motifs is 1. The van der Waals surface area contributed by atoms with Crippen LogP contribution in [0.2, 0.25) is 0 Å². The number of pyridine rings is 1. The van der Waals surface area contributed by atoms with Crippen molar-refractivity contribution in [2.75, 3.05) is 18.0 Å². The van der Waals surface area contributed by atoms with Gasteiger partial charge in [-0.25, -0.2) is 0 Å². The number of amides is 1. The van der Waals surface area contributed by atoms with Gasteiger partial charge < -0.3 is 16.0 Å². The number of rotatable bonds is 4. The molecule has 2 fully saturated rings. The van der Waals surface area contributed by atoms with Gasteiger partial charge in [-0.05, 0) is 49.4 Å². The Labute approximate surface area is 186 Å². The van der Waals surface area contributed by atoms with Crippen LogP contribution in [0.25, 0.3) is 10.9 Å². The van der Waals surface area contributed by atoms with Crippen LogP contribution in [0.4, 0.5) is 18.9 Å². The van der Waals surface area contributed by atoms with Gasteiger partial charge in [-0.15, -0.1) is 0 Å². The normalized spacial score (nSPS) is 23.8. The molecule has 2 atom stereocenters. The van der Waals surface area contributed by atoms with Crippen LogP contribution in [0, 0.1) is 5.92 Å². The van der Waals surface area contributed by atoms with Gasteiger partial charge in [0.25, 0.3) is 0 Å². The van der Waals surface area contributed by atoms with E-state index in [0.717, 1.165) is 43.9 Å². The molecule has 1 aliphatic heterocycles. The lowest BCUT2D eigenvalue weighted by atomic mass is 9.80. The van der Waals surface area contributed by atoms with Gasteiger partial charge in [-0.3, -0.25) is 9.78 Å². The first-order chi connectivity index (χ1) is 15.1. The van der Waals surface area contributed by atoms with Crippen LogP contribution < -0.4 is 16.0 Å². The molecule has 2 aliphatic rings. The Bertz CT molecular complexity index is 971. The highest BCUT2D eigenvalue weighted by Gasteiger charge is 2.35.